The quantitative estimate of drug-likeness (QED) is 0.579. The Balaban J connectivity index is 0.000000433. The van der Waals surface area contributed by atoms with Crippen LogP contribution < -0.4 is 0 Å². The van der Waals surface area contributed by atoms with E-state index in [1.54, 1.807) is 12.1 Å². The van der Waals surface area contributed by atoms with E-state index < -0.39 is 11.9 Å². The number of unbranched alkanes of at least 4 members (excludes halogenated alkanes) is 3. The molecule has 3 N–H and O–H groups in total. The molecule has 0 saturated carbocycles. The summed E-state index contributed by atoms with van der Waals surface area (Å²) in [7, 11) is 0. The van der Waals surface area contributed by atoms with Crippen LogP contribution in [0.2, 0.25) is 0 Å². The Morgan fingerprint density at radius 1 is 0.957 bits per heavy atom. The SMILES string of the molecule is CCCCCC(CCCC)C(=O)O.O=C(O)c1ccccc1O. The van der Waals surface area contributed by atoms with Gasteiger partial charge in [-0.2, -0.15) is 0 Å². The predicted molar refractivity (Wildman–Crippen MR) is 89.9 cm³/mol. The Kier molecular flexibility index (Phi) is 11.4. The number of rotatable bonds is 9. The molecule has 0 saturated heterocycles. The maximum Gasteiger partial charge on any atom is 0.339 e. The predicted octanol–water partition coefficient (Wildman–Crippen LogP) is 4.55. The van der Waals surface area contributed by atoms with E-state index in [1.165, 1.54) is 18.6 Å². The molecule has 0 aliphatic carbocycles. The van der Waals surface area contributed by atoms with Gasteiger partial charge in [-0.05, 0) is 25.0 Å². The lowest BCUT2D eigenvalue weighted by molar-refractivity contribution is -0.142. The van der Waals surface area contributed by atoms with Crippen molar-refractivity contribution in [2.75, 3.05) is 0 Å². The number of carboxylic acid groups (broad SMARTS) is 2. The van der Waals surface area contributed by atoms with Crippen LogP contribution in [-0.4, -0.2) is 27.3 Å². The molecule has 0 fully saturated rings. The summed E-state index contributed by atoms with van der Waals surface area (Å²) in [6.45, 7) is 4.24. The van der Waals surface area contributed by atoms with Crippen LogP contribution in [0.25, 0.3) is 0 Å². The first kappa shape index (κ1) is 21.0. The van der Waals surface area contributed by atoms with Gasteiger partial charge in [0.25, 0.3) is 0 Å². The molecule has 0 amide bonds. The van der Waals surface area contributed by atoms with Crippen molar-refractivity contribution in [2.45, 2.75) is 58.8 Å². The summed E-state index contributed by atoms with van der Waals surface area (Å²) < 4.78 is 0. The molecule has 1 rings (SSSR count). The number of carboxylic acids is 2. The Hall–Kier alpha value is -2.04. The van der Waals surface area contributed by atoms with Gasteiger partial charge >= 0.3 is 11.9 Å². The van der Waals surface area contributed by atoms with Gasteiger partial charge in [-0.3, -0.25) is 4.79 Å². The second kappa shape index (κ2) is 12.5. The monoisotopic (exact) mass is 324 g/mol. The zero-order valence-electron chi connectivity index (χ0n) is 14.0. The van der Waals surface area contributed by atoms with Crippen LogP contribution in [0.4, 0.5) is 0 Å². The maximum absolute atomic E-state index is 10.8. The van der Waals surface area contributed by atoms with E-state index >= 15 is 0 Å². The van der Waals surface area contributed by atoms with Gasteiger partial charge in [0.1, 0.15) is 11.3 Å². The second-order valence-electron chi connectivity index (χ2n) is 5.50. The van der Waals surface area contributed by atoms with E-state index in [-0.39, 0.29) is 17.2 Å². The standard InChI is InChI=1S/C11H22O2.C7H6O3/c1-3-5-7-9-10(11(12)13)8-6-4-2;8-6-4-2-1-3-5(6)7(9)10/h10H,3-9H2,1-2H3,(H,12,13);1-4,8H,(H,9,10). The fourth-order valence-corrected chi connectivity index (χ4v) is 2.14. The molecule has 1 aromatic carbocycles. The van der Waals surface area contributed by atoms with E-state index in [2.05, 4.69) is 13.8 Å². The lowest BCUT2D eigenvalue weighted by Gasteiger charge is -2.10. The van der Waals surface area contributed by atoms with Crippen molar-refractivity contribution in [1.29, 1.82) is 0 Å². The molecule has 5 heteroatoms. The molecule has 130 valence electrons. The first-order valence-corrected chi connectivity index (χ1v) is 8.18. The smallest absolute Gasteiger partial charge is 0.339 e. The van der Waals surface area contributed by atoms with Gasteiger partial charge < -0.3 is 15.3 Å². The van der Waals surface area contributed by atoms with Crippen LogP contribution in [-0.2, 0) is 4.79 Å². The van der Waals surface area contributed by atoms with E-state index in [0.29, 0.717) is 0 Å². The van der Waals surface area contributed by atoms with Gasteiger partial charge in [0.15, 0.2) is 0 Å². The molecule has 0 aromatic heterocycles. The zero-order chi connectivity index (χ0) is 17.7. The molecule has 0 aliphatic rings. The summed E-state index contributed by atoms with van der Waals surface area (Å²) >= 11 is 0. The Morgan fingerprint density at radius 3 is 1.96 bits per heavy atom. The average Bonchev–Trinajstić information content (AvgIpc) is 2.51. The van der Waals surface area contributed by atoms with Crippen LogP contribution >= 0.6 is 0 Å². The zero-order valence-corrected chi connectivity index (χ0v) is 14.0. The van der Waals surface area contributed by atoms with Crippen molar-refractivity contribution in [3.05, 3.63) is 29.8 Å². The largest absolute Gasteiger partial charge is 0.507 e. The summed E-state index contributed by atoms with van der Waals surface area (Å²) in [6.07, 6.45) is 7.26. The van der Waals surface area contributed by atoms with Crippen molar-refractivity contribution in [1.82, 2.24) is 0 Å². The van der Waals surface area contributed by atoms with E-state index in [4.69, 9.17) is 15.3 Å². The summed E-state index contributed by atoms with van der Waals surface area (Å²) in [5.41, 5.74) is -0.0671. The molecule has 1 unspecified atom stereocenters. The summed E-state index contributed by atoms with van der Waals surface area (Å²) in [6, 6.07) is 5.81. The minimum Gasteiger partial charge on any atom is -0.507 e. The third kappa shape index (κ3) is 9.55. The number of hydrogen-bond donors (Lipinski definition) is 3. The fourth-order valence-electron chi connectivity index (χ4n) is 2.14. The minimum absolute atomic E-state index is 0.0671. The molecule has 23 heavy (non-hydrogen) atoms. The number of hydrogen-bond acceptors (Lipinski definition) is 3. The highest BCUT2D eigenvalue weighted by Gasteiger charge is 2.15. The van der Waals surface area contributed by atoms with Crippen molar-refractivity contribution < 1.29 is 24.9 Å². The number of aromatic hydroxyl groups is 1. The van der Waals surface area contributed by atoms with Crippen LogP contribution in [0.3, 0.4) is 0 Å². The molecule has 1 atom stereocenters. The number of phenols is 1. The first-order chi connectivity index (χ1) is 10.9. The highest BCUT2D eigenvalue weighted by molar-refractivity contribution is 5.90. The number of para-hydroxylation sites is 1. The fraction of sp³-hybridized carbons (Fsp3) is 0.556. The number of carbonyl (C=O) groups is 2. The molecular weight excluding hydrogens is 296 g/mol. The van der Waals surface area contributed by atoms with E-state index in [1.807, 2.05) is 0 Å². The van der Waals surface area contributed by atoms with E-state index in [0.717, 1.165) is 38.5 Å². The lowest BCUT2D eigenvalue weighted by atomic mass is 9.96. The third-order valence-corrected chi connectivity index (χ3v) is 3.55. The van der Waals surface area contributed by atoms with Crippen molar-refractivity contribution in [3.63, 3.8) is 0 Å². The maximum atomic E-state index is 10.8. The minimum atomic E-state index is -1.11. The van der Waals surface area contributed by atoms with Gasteiger partial charge in [0.2, 0.25) is 0 Å². The van der Waals surface area contributed by atoms with Gasteiger partial charge in [-0.25, -0.2) is 4.79 Å². The van der Waals surface area contributed by atoms with E-state index in [9.17, 15) is 9.59 Å². The first-order valence-electron chi connectivity index (χ1n) is 8.18. The summed E-state index contributed by atoms with van der Waals surface area (Å²) in [5, 5.41) is 26.2. The Labute approximate surface area is 138 Å². The normalized spacial score (nSPS) is 11.2. The highest BCUT2D eigenvalue weighted by Crippen LogP contribution is 2.17. The molecule has 0 radical (unpaired) electrons. The molecule has 1 aromatic rings. The number of benzene rings is 1. The summed E-state index contributed by atoms with van der Waals surface area (Å²) in [4.78, 5) is 21.1. The lowest BCUT2D eigenvalue weighted by Crippen LogP contribution is -2.13. The number of aromatic carboxylic acids is 1. The molecular formula is C18H28O5. The molecule has 5 nitrogen and oxygen atoms in total. The molecule has 0 spiro atoms. The topological polar surface area (TPSA) is 94.8 Å². The van der Waals surface area contributed by atoms with Crippen LogP contribution in [0.5, 0.6) is 5.75 Å². The Bertz CT molecular complexity index is 470. The van der Waals surface area contributed by atoms with Crippen LogP contribution in [0.15, 0.2) is 24.3 Å². The van der Waals surface area contributed by atoms with Crippen LogP contribution in [0, 0.1) is 5.92 Å². The van der Waals surface area contributed by atoms with Gasteiger partial charge in [-0.15, -0.1) is 0 Å². The second-order valence-corrected chi connectivity index (χ2v) is 5.50. The van der Waals surface area contributed by atoms with Crippen molar-refractivity contribution >= 4 is 11.9 Å². The molecule has 0 bridgehead atoms. The van der Waals surface area contributed by atoms with Crippen molar-refractivity contribution in [2.24, 2.45) is 5.92 Å². The Morgan fingerprint density at radius 2 is 1.52 bits per heavy atom. The average molecular weight is 324 g/mol. The van der Waals surface area contributed by atoms with Gasteiger partial charge in [0, 0.05) is 0 Å². The molecule has 0 aliphatic heterocycles. The number of aliphatic carboxylic acids is 1. The third-order valence-electron chi connectivity index (χ3n) is 3.55. The van der Waals surface area contributed by atoms with Gasteiger partial charge in [0.05, 0.1) is 5.92 Å². The van der Waals surface area contributed by atoms with Crippen molar-refractivity contribution in [3.8, 4) is 5.75 Å². The molecule has 0 heterocycles. The van der Waals surface area contributed by atoms with Crippen LogP contribution in [0.1, 0.15) is 69.2 Å². The van der Waals surface area contributed by atoms with Gasteiger partial charge in [-0.1, -0.05) is 58.1 Å². The summed E-state index contributed by atoms with van der Waals surface area (Å²) in [5.74, 6) is -2.01. The highest BCUT2D eigenvalue weighted by atomic mass is 16.4.